The molecule has 5 heteroatoms. The Morgan fingerprint density at radius 1 is 1.24 bits per heavy atom. The molecule has 3 aromatic rings. The van der Waals surface area contributed by atoms with Gasteiger partial charge < -0.3 is 5.32 Å². The summed E-state index contributed by atoms with van der Waals surface area (Å²) in [5.74, 6) is 0. The van der Waals surface area contributed by atoms with Gasteiger partial charge in [-0.1, -0.05) is 19.1 Å². The fourth-order valence-corrected chi connectivity index (χ4v) is 3.55. The van der Waals surface area contributed by atoms with E-state index in [0.29, 0.717) is 0 Å². The molecule has 0 amide bonds. The second kappa shape index (κ2) is 6.64. The van der Waals surface area contributed by atoms with Crippen LogP contribution in [0.4, 0.5) is 0 Å². The molecule has 0 saturated heterocycles. The van der Waals surface area contributed by atoms with Gasteiger partial charge in [-0.25, -0.2) is 4.98 Å². The zero-order chi connectivity index (χ0) is 14.7. The van der Waals surface area contributed by atoms with Crippen LogP contribution in [0.2, 0.25) is 0 Å². The fraction of sp³-hybridized carbons (Fsp3) is 0.250. The molecule has 0 saturated carbocycles. The predicted octanol–water partition coefficient (Wildman–Crippen LogP) is 4.35. The van der Waals surface area contributed by atoms with Gasteiger partial charge in [0.25, 0.3) is 0 Å². The SMILES string of the molecule is CCNC(Cc1nc2ccccc2s1)c1ccc(Br)cn1. The zero-order valence-electron chi connectivity index (χ0n) is 11.7. The molecule has 1 N–H and O–H groups in total. The first-order chi connectivity index (χ1) is 10.3. The van der Waals surface area contributed by atoms with Crippen LogP contribution in [0.3, 0.4) is 0 Å². The first kappa shape index (κ1) is 14.6. The molecule has 2 aromatic heterocycles. The van der Waals surface area contributed by atoms with Gasteiger partial charge >= 0.3 is 0 Å². The molecule has 0 aliphatic rings. The summed E-state index contributed by atoms with van der Waals surface area (Å²) in [4.78, 5) is 9.23. The first-order valence-electron chi connectivity index (χ1n) is 6.95. The normalized spacial score (nSPS) is 12.7. The number of likely N-dealkylation sites (N-methyl/N-ethyl adjacent to an activating group) is 1. The van der Waals surface area contributed by atoms with Gasteiger partial charge in [0.1, 0.15) is 0 Å². The highest BCUT2D eigenvalue weighted by molar-refractivity contribution is 9.10. The fourth-order valence-electron chi connectivity index (χ4n) is 2.30. The maximum atomic E-state index is 4.72. The Morgan fingerprint density at radius 2 is 2.10 bits per heavy atom. The number of aromatic nitrogens is 2. The number of rotatable bonds is 5. The van der Waals surface area contributed by atoms with E-state index in [-0.39, 0.29) is 6.04 Å². The molecule has 0 bridgehead atoms. The smallest absolute Gasteiger partial charge is 0.0958 e. The van der Waals surface area contributed by atoms with Gasteiger partial charge in [-0.05, 0) is 46.7 Å². The van der Waals surface area contributed by atoms with E-state index in [0.717, 1.165) is 33.7 Å². The number of halogens is 1. The number of thiazole rings is 1. The summed E-state index contributed by atoms with van der Waals surface area (Å²) < 4.78 is 2.24. The first-order valence-corrected chi connectivity index (χ1v) is 8.56. The predicted molar refractivity (Wildman–Crippen MR) is 91.7 cm³/mol. The lowest BCUT2D eigenvalue weighted by Crippen LogP contribution is -2.23. The number of nitrogens with zero attached hydrogens (tertiary/aromatic N) is 2. The molecule has 1 unspecified atom stereocenters. The van der Waals surface area contributed by atoms with Gasteiger partial charge in [-0.2, -0.15) is 0 Å². The average Bonchev–Trinajstić information content (AvgIpc) is 2.90. The Kier molecular flexibility index (Phi) is 4.63. The second-order valence-corrected chi connectivity index (χ2v) is 6.82. The molecule has 21 heavy (non-hydrogen) atoms. The van der Waals surface area contributed by atoms with Gasteiger partial charge in [0.05, 0.1) is 27.0 Å². The van der Waals surface area contributed by atoms with E-state index < -0.39 is 0 Å². The summed E-state index contributed by atoms with van der Waals surface area (Å²) in [7, 11) is 0. The second-order valence-electron chi connectivity index (χ2n) is 4.79. The summed E-state index contributed by atoms with van der Waals surface area (Å²) in [6, 6.07) is 12.6. The van der Waals surface area contributed by atoms with E-state index in [1.54, 1.807) is 11.3 Å². The summed E-state index contributed by atoms with van der Waals surface area (Å²) >= 11 is 5.19. The van der Waals surface area contributed by atoms with Crippen LogP contribution < -0.4 is 5.32 Å². The van der Waals surface area contributed by atoms with Crippen LogP contribution in [0.5, 0.6) is 0 Å². The molecule has 0 aliphatic carbocycles. The minimum atomic E-state index is 0.198. The van der Waals surface area contributed by atoms with E-state index in [4.69, 9.17) is 4.98 Å². The molecular weight excluding hydrogens is 346 g/mol. The maximum absolute atomic E-state index is 4.72. The quantitative estimate of drug-likeness (QED) is 0.733. The van der Waals surface area contributed by atoms with Gasteiger partial charge in [0.15, 0.2) is 0 Å². The van der Waals surface area contributed by atoms with Crippen molar-refractivity contribution in [2.75, 3.05) is 6.54 Å². The van der Waals surface area contributed by atoms with Crippen molar-refractivity contribution in [1.29, 1.82) is 0 Å². The van der Waals surface area contributed by atoms with Gasteiger partial charge in [0, 0.05) is 17.1 Å². The minimum Gasteiger partial charge on any atom is -0.309 e. The zero-order valence-corrected chi connectivity index (χ0v) is 14.1. The Balaban J connectivity index is 1.85. The van der Waals surface area contributed by atoms with Crippen LogP contribution in [-0.2, 0) is 6.42 Å². The average molecular weight is 362 g/mol. The lowest BCUT2D eigenvalue weighted by molar-refractivity contribution is 0.536. The molecule has 1 aromatic carbocycles. The van der Waals surface area contributed by atoms with Crippen LogP contribution >= 0.6 is 27.3 Å². The number of para-hydroxylation sites is 1. The lowest BCUT2D eigenvalue weighted by Gasteiger charge is -2.16. The van der Waals surface area contributed by atoms with E-state index in [1.165, 1.54) is 4.70 Å². The lowest BCUT2D eigenvalue weighted by atomic mass is 10.1. The van der Waals surface area contributed by atoms with Crippen molar-refractivity contribution >= 4 is 37.5 Å². The molecule has 1 atom stereocenters. The molecule has 108 valence electrons. The van der Waals surface area contributed by atoms with E-state index in [1.807, 2.05) is 18.3 Å². The monoisotopic (exact) mass is 361 g/mol. The number of benzene rings is 1. The van der Waals surface area contributed by atoms with E-state index >= 15 is 0 Å². The van der Waals surface area contributed by atoms with Gasteiger partial charge in [0.2, 0.25) is 0 Å². The summed E-state index contributed by atoms with van der Waals surface area (Å²) in [6.07, 6.45) is 2.71. The van der Waals surface area contributed by atoms with Crippen LogP contribution in [0, 0.1) is 0 Å². The number of hydrogen-bond donors (Lipinski definition) is 1. The third kappa shape index (κ3) is 3.48. The largest absolute Gasteiger partial charge is 0.309 e. The highest BCUT2D eigenvalue weighted by atomic mass is 79.9. The van der Waals surface area contributed by atoms with Crippen LogP contribution in [0.25, 0.3) is 10.2 Å². The maximum Gasteiger partial charge on any atom is 0.0958 e. The molecule has 3 nitrogen and oxygen atoms in total. The topological polar surface area (TPSA) is 37.8 Å². The Bertz CT molecular complexity index is 691. The van der Waals surface area contributed by atoms with Crippen molar-refractivity contribution < 1.29 is 0 Å². The minimum absolute atomic E-state index is 0.198. The number of hydrogen-bond acceptors (Lipinski definition) is 4. The molecular formula is C16H16BrN3S. The number of nitrogens with one attached hydrogen (secondary N) is 1. The highest BCUT2D eigenvalue weighted by Crippen LogP contribution is 2.26. The van der Waals surface area contributed by atoms with E-state index in [2.05, 4.69) is 57.4 Å². The third-order valence-electron chi connectivity index (χ3n) is 3.27. The standard InChI is InChI=1S/C16H16BrN3S/c1-2-18-14(12-8-7-11(17)10-19-12)9-16-20-13-5-3-4-6-15(13)21-16/h3-8,10,14,18H,2,9H2,1H3. The van der Waals surface area contributed by atoms with Crippen molar-refractivity contribution in [3.8, 4) is 0 Å². The molecule has 2 heterocycles. The highest BCUT2D eigenvalue weighted by Gasteiger charge is 2.15. The molecule has 0 aliphatic heterocycles. The van der Waals surface area contributed by atoms with Gasteiger partial charge in [-0.15, -0.1) is 11.3 Å². The van der Waals surface area contributed by atoms with Crippen LogP contribution in [-0.4, -0.2) is 16.5 Å². The Morgan fingerprint density at radius 3 is 2.81 bits per heavy atom. The molecule has 0 spiro atoms. The van der Waals surface area contributed by atoms with Gasteiger partial charge in [-0.3, -0.25) is 4.98 Å². The van der Waals surface area contributed by atoms with Crippen molar-refractivity contribution in [2.45, 2.75) is 19.4 Å². The molecule has 3 rings (SSSR count). The van der Waals surface area contributed by atoms with E-state index in [9.17, 15) is 0 Å². The Hall–Kier alpha value is -1.30. The molecule has 0 fully saturated rings. The van der Waals surface area contributed by atoms with Crippen LogP contribution in [0.15, 0.2) is 47.1 Å². The number of pyridine rings is 1. The van der Waals surface area contributed by atoms with Crippen molar-refractivity contribution in [2.24, 2.45) is 0 Å². The third-order valence-corrected chi connectivity index (χ3v) is 4.80. The summed E-state index contributed by atoms with van der Waals surface area (Å²) in [6.45, 7) is 3.03. The summed E-state index contributed by atoms with van der Waals surface area (Å²) in [5.41, 5.74) is 2.14. The van der Waals surface area contributed by atoms with Crippen molar-refractivity contribution in [3.05, 3.63) is 57.8 Å². The Labute approximate surface area is 136 Å². The summed E-state index contributed by atoms with van der Waals surface area (Å²) in [5, 5.41) is 4.65. The van der Waals surface area contributed by atoms with Crippen LogP contribution in [0.1, 0.15) is 23.7 Å². The van der Waals surface area contributed by atoms with Crippen molar-refractivity contribution in [1.82, 2.24) is 15.3 Å². The van der Waals surface area contributed by atoms with Crippen molar-refractivity contribution in [3.63, 3.8) is 0 Å². The molecule has 0 radical (unpaired) electrons. The number of fused-ring (bicyclic) bond motifs is 1.